The van der Waals surface area contributed by atoms with E-state index < -0.39 is 16.1 Å². The highest BCUT2D eigenvalue weighted by atomic mass is 32.2. The zero-order valence-corrected chi connectivity index (χ0v) is 15.3. The van der Waals surface area contributed by atoms with Crippen LogP contribution >= 0.6 is 0 Å². The van der Waals surface area contributed by atoms with Crippen LogP contribution in [-0.2, 0) is 14.8 Å². The van der Waals surface area contributed by atoms with Gasteiger partial charge in [-0.25, -0.2) is 13.1 Å². The number of hydrogen-bond acceptors (Lipinski definition) is 4. The summed E-state index contributed by atoms with van der Waals surface area (Å²) in [5.74, 6) is 0.470. The second-order valence-electron chi connectivity index (χ2n) is 5.71. The molecule has 0 fully saturated rings. The zero-order valence-electron chi connectivity index (χ0n) is 14.5. The maximum atomic E-state index is 12.6. The third-order valence-electron chi connectivity index (χ3n) is 3.77. The molecule has 0 aliphatic heterocycles. The number of carbonyl (C=O) groups excluding carboxylic acids is 1. The van der Waals surface area contributed by atoms with Gasteiger partial charge in [-0.2, -0.15) is 0 Å². The van der Waals surface area contributed by atoms with Crippen LogP contribution in [0.25, 0.3) is 0 Å². The second kappa shape index (κ2) is 8.13. The normalized spacial score (nSPS) is 12.4. The number of nitrogens with zero attached hydrogens (tertiary/aromatic N) is 1. The second-order valence-corrected chi connectivity index (χ2v) is 7.49. The number of rotatable bonds is 7. The molecular formula is C18H22N2O4S. The van der Waals surface area contributed by atoms with Crippen LogP contribution in [0.4, 0.5) is 5.69 Å². The fourth-order valence-corrected chi connectivity index (χ4v) is 3.17. The molecule has 25 heavy (non-hydrogen) atoms. The van der Waals surface area contributed by atoms with Gasteiger partial charge < -0.3 is 9.64 Å². The molecule has 2 aromatic carbocycles. The van der Waals surface area contributed by atoms with Gasteiger partial charge in [0.1, 0.15) is 5.75 Å². The molecule has 0 radical (unpaired) electrons. The molecule has 134 valence electrons. The molecule has 0 aliphatic rings. The molecule has 0 aliphatic carbocycles. The fourth-order valence-electron chi connectivity index (χ4n) is 2.43. The molecule has 0 saturated carbocycles. The van der Waals surface area contributed by atoms with Crippen LogP contribution < -0.4 is 14.4 Å². The summed E-state index contributed by atoms with van der Waals surface area (Å²) in [5.41, 5.74) is 1.45. The highest BCUT2D eigenvalue weighted by molar-refractivity contribution is 7.88. The Kier molecular flexibility index (Phi) is 6.17. The number of amides is 1. The number of nitrogens with one attached hydrogen (secondary N) is 1. The van der Waals surface area contributed by atoms with Crippen molar-refractivity contribution in [2.75, 3.05) is 25.3 Å². The lowest BCUT2D eigenvalue weighted by molar-refractivity contribution is -0.118. The van der Waals surface area contributed by atoms with Gasteiger partial charge in [-0.1, -0.05) is 30.3 Å². The van der Waals surface area contributed by atoms with E-state index in [1.807, 2.05) is 30.3 Å². The van der Waals surface area contributed by atoms with Crippen molar-refractivity contribution in [1.29, 1.82) is 0 Å². The molecule has 1 N–H and O–H groups in total. The van der Waals surface area contributed by atoms with Gasteiger partial charge in [0.15, 0.2) is 0 Å². The maximum absolute atomic E-state index is 12.6. The number of methoxy groups -OCH3 is 1. The number of carbonyl (C=O) groups is 1. The van der Waals surface area contributed by atoms with Crippen molar-refractivity contribution in [3.63, 3.8) is 0 Å². The van der Waals surface area contributed by atoms with Crippen molar-refractivity contribution in [2.24, 2.45) is 0 Å². The van der Waals surface area contributed by atoms with E-state index in [0.29, 0.717) is 11.3 Å². The summed E-state index contributed by atoms with van der Waals surface area (Å²) >= 11 is 0. The first-order valence-corrected chi connectivity index (χ1v) is 9.62. The molecule has 7 heteroatoms. The first-order chi connectivity index (χ1) is 11.8. The van der Waals surface area contributed by atoms with E-state index in [4.69, 9.17) is 4.74 Å². The molecule has 0 spiro atoms. The minimum atomic E-state index is -3.48. The minimum Gasteiger partial charge on any atom is -0.497 e. The quantitative estimate of drug-likeness (QED) is 0.820. The third kappa shape index (κ3) is 5.58. The van der Waals surface area contributed by atoms with Gasteiger partial charge in [0.2, 0.25) is 15.9 Å². The van der Waals surface area contributed by atoms with Crippen LogP contribution in [0.1, 0.15) is 18.0 Å². The number of hydrogen-bond donors (Lipinski definition) is 1. The van der Waals surface area contributed by atoms with E-state index in [-0.39, 0.29) is 12.3 Å². The number of sulfonamides is 1. The highest BCUT2D eigenvalue weighted by Crippen LogP contribution is 2.23. The van der Waals surface area contributed by atoms with Gasteiger partial charge in [-0.3, -0.25) is 4.79 Å². The average molecular weight is 362 g/mol. The predicted octanol–water partition coefficient (Wildman–Crippen LogP) is 2.34. The lowest BCUT2D eigenvalue weighted by atomic mass is 10.0. The Hall–Kier alpha value is -2.38. The molecule has 2 rings (SSSR count). The largest absolute Gasteiger partial charge is 0.497 e. The van der Waals surface area contributed by atoms with Gasteiger partial charge in [0.25, 0.3) is 0 Å². The molecule has 1 amide bonds. The van der Waals surface area contributed by atoms with Gasteiger partial charge in [0, 0.05) is 19.2 Å². The first-order valence-electron chi connectivity index (χ1n) is 7.73. The van der Waals surface area contributed by atoms with Gasteiger partial charge in [-0.05, 0) is 29.8 Å². The summed E-state index contributed by atoms with van der Waals surface area (Å²) in [6.07, 6.45) is 1.08. The predicted molar refractivity (Wildman–Crippen MR) is 98.2 cm³/mol. The average Bonchev–Trinajstić information content (AvgIpc) is 2.60. The fraction of sp³-hybridized carbons (Fsp3) is 0.278. The summed E-state index contributed by atoms with van der Waals surface area (Å²) < 4.78 is 31.0. The van der Waals surface area contributed by atoms with E-state index in [9.17, 15) is 13.2 Å². The molecule has 0 bridgehead atoms. The van der Waals surface area contributed by atoms with E-state index in [0.717, 1.165) is 11.9 Å². The number of para-hydroxylation sites is 1. The Balaban J connectivity index is 2.21. The molecular weight excluding hydrogens is 340 g/mol. The van der Waals surface area contributed by atoms with E-state index in [2.05, 4.69) is 4.72 Å². The molecule has 0 unspecified atom stereocenters. The Labute approximate surface area is 148 Å². The molecule has 2 aromatic rings. The third-order valence-corrected chi connectivity index (χ3v) is 4.48. The summed E-state index contributed by atoms with van der Waals surface area (Å²) in [6.45, 7) is 0. The Morgan fingerprint density at radius 2 is 1.72 bits per heavy atom. The van der Waals surface area contributed by atoms with Crippen molar-refractivity contribution >= 4 is 21.6 Å². The van der Waals surface area contributed by atoms with E-state index in [1.165, 1.54) is 4.90 Å². The number of benzene rings is 2. The molecule has 0 saturated heterocycles. The van der Waals surface area contributed by atoms with Gasteiger partial charge in [-0.15, -0.1) is 0 Å². The van der Waals surface area contributed by atoms with Crippen LogP contribution in [0.3, 0.4) is 0 Å². The smallest absolute Gasteiger partial charge is 0.228 e. The Morgan fingerprint density at radius 3 is 2.24 bits per heavy atom. The van der Waals surface area contributed by atoms with Gasteiger partial charge in [0.05, 0.1) is 19.4 Å². The standard InChI is InChI=1S/C18H22N2O4S/c1-20(15-7-5-4-6-8-15)18(21)13-17(19-25(3,22)23)14-9-11-16(24-2)12-10-14/h4-12,17,19H,13H2,1-3H3/t17-/m1/s1. The minimum absolute atomic E-state index is 0.00476. The Morgan fingerprint density at radius 1 is 1.12 bits per heavy atom. The van der Waals surface area contributed by atoms with Crippen molar-refractivity contribution in [3.8, 4) is 5.75 Å². The summed E-state index contributed by atoms with van der Waals surface area (Å²) in [7, 11) is -0.250. The highest BCUT2D eigenvalue weighted by Gasteiger charge is 2.22. The maximum Gasteiger partial charge on any atom is 0.228 e. The van der Waals surface area contributed by atoms with Crippen LogP contribution in [-0.4, -0.2) is 34.7 Å². The first kappa shape index (κ1) is 19.0. The summed E-state index contributed by atoms with van der Waals surface area (Å²) in [5, 5.41) is 0. The Bertz CT molecular complexity index is 805. The van der Waals surface area contributed by atoms with Crippen molar-refractivity contribution < 1.29 is 17.9 Å². The van der Waals surface area contributed by atoms with Crippen molar-refractivity contribution in [3.05, 3.63) is 60.2 Å². The topological polar surface area (TPSA) is 75.7 Å². The summed E-state index contributed by atoms with van der Waals surface area (Å²) in [4.78, 5) is 14.1. The van der Waals surface area contributed by atoms with Crippen LogP contribution in [0, 0.1) is 0 Å². The van der Waals surface area contributed by atoms with E-state index >= 15 is 0 Å². The zero-order chi connectivity index (χ0) is 18.4. The lowest BCUT2D eigenvalue weighted by Gasteiger charge is -2.22. The molecule has 0 aromatic heterocycles. The lowest BCUT2D eigenvalue weighted by Crippen LogP contribution is -2.34. The number of anilines is 1. The molecule has 1 atom stereocenters. The van der Waals surface area contributed by atoms with Crippen LogP contribution in [0.5, 0.6) is 5.75 Å². The SMILES string of the molecule is COc1ccc([C@@H](CC(=O)N(C)c2ccccc2)NS(C)(=O)=O)cc1. The van der Waals surface area contributed by atoms with Gasteiger partial charge >= 0.3 is 0 Å². The molecule has 0 heterocycles. The monoisotopic (exact) mass is 362 g/mol. The number of ether oxygens (including phenoxy) is 1. The van der Waals surface area contributed by atoms with Crippen molar-refractivity contribution in [1.82, 2.24) is 4.72 Å². The summed E-state index contributed by atoms with van der Waals surface area (Å²) in [6, 6.07) is 15.5. The van der Waals surface area contributed by atoms with E-state index in [1.54, 1.807) is 38.4 Å². The van der Waals surface area contributed by atoms with Crippen molar-refractivity contribution in [2.45, 2.75) is 12.5 Å². The molecule has 6 nitrogen and oxygen atoms in total. The van der Waals surface area contributed by atoms with Crippen LogP contribution in [0.15, 0.2) is 54.6 Å². The van der Waals surface area contributed by atoms with Crippen LogP contribution in [0.2, 0.25) is 0 Å².